The highest BCUT2D eigenvalue weighted by molar-refractivity contribution is 6.34. The van der Waals surface area contributed by atoms with Crippen molar-refractivity contribution in [1.82, 2.24) is 4.90 Å². The third-order valence-corrected chi connectivity index (χ3v) is 7.01. The Morgan fingerprint density at radius 2 is 1.97 bits per heavy atom. The lowest BCUT2D eigenvalue weighted by molar-refractivity contribution is 0.112. The van der Waals surface area contributed by atoms with Crippen LogP contribution in [0.3, 0.4) is 0 Å². The molecule has 2 heterocycles. The number of terminal acetylenes is 1. The second-order valence-electron chi connectivity index (χ2n) is 8.83. The first-order valence-electron chi connectivity index (χ1n) is 10.7. The van der Waals surface area contributed by atoms with Crippen LogP contribution in [0.4, 0.5) is 11.4 Å². The van der Waals surface area contributed by atoms with Crippen LogP contribution in [0.1, 0.15) is 54.1 Å². The maximum absolute atomic E-state index is 11.9. The molecule has 4 nitrogen and oxygen atoms in total. The summed E-state index contributed by atoms with van der Waals surface area (Å²) in [4.78, 5) is 21.0. The van der Waals surface area contributed by atoms with E-state index in [1.807, 2.05) is 19.2 Å². The van der Waals surface area contributed by atoms with E-state index in [2.05, 4.69) is 52.8 Å². The number of carbonyl (C=O) groups is 1. The summed E-state index contributed by atoms with van der Waals surface area (Å²) < 4.78 is 0. The summed E-state index contributed by atoms with van der Waals surface area (Å²) in [5, 5.41) is 0.450. The lowest BCUT2D eigenvalue weighted by Gasteiger charge is -2.31. The van der Waals surface area contributed by atoms with E-state index >= 15 is 0 Å². The molecule has 160 valence electrons. The molecule has 0 N–H and O–H groups in total. The van der Waals surface area contributed by atoms with Crippen molar-refractivity contribution in [3.63, 3.8) is 0 Å². The molecule has 0 saturated carbocycles. The minimum atomic E-state index is -0.277. The van der Waals surface area contributed by atoms with Crippen LogP contribution in [0.2, 0.25) is 5.02 Å². The number of rotatable bonds is 4. The van der Waals surface area contributed by atoms with E-state index in [0.717, 1.165) is 56.0 Å². The molecule has 5 heteroatoms. The Labute approximate surface area is 189 Å². The smallest absolute Gasteiger partial charge is 0.153 e. The minimum Gasteiger partial charge on any atom is -0.298 e. The van der Waals surface area contributed by atoms with Gasteiger partial charge < -0.3 is 0 Å². The number of hydrogen-bond donors (Lipinski definition) is 0. The zero-order chi connectivity index (χ0) is 22.2. The van der Waals surface area contributed by atoms with Gasteiger partial charge in [0, 0.05) is 12.5 Å². The van der Waals surface area contributed by atoms with Crippen molar-refractivity contribution in [3.05, 3.63) is 58.1 Å². The predicted molar refractivity (Wildman–Crippen MR) is 129 cm³/mol. The number of aliphatic imine (C=N–C) groups is 1. The van der Waals surface area contributed by atoms with Gasteiger partial charge in [-0.2, -0.15) is 0 Å². The predicted octanol–water partition coefficient (Wildman–Crippen LogP) is 5.42. The highest BCUT2D eigenvalue weighted by Crippen LogP contribution is 2.48. The van der Waals surface area contributed by atoms with E-state index in [4.69, 9.17) is 18.0 Å². The number of amidine groups is 1. The highest BCUT2D eigenvalue weighted by Gasteiger charge is 2.43. The number of piperidine rings is 1. The van der Waals surface area contributed by atoms with Crippen molar-refractivity contribution in [3.8, 4) is 12.3 Å². The first-order chi connectivity index (χ1) is 14.9. The van der Waals surface area contributed by atoms with Gasteiger partial charge in [0.25, 0.3) is 0 Å². The fourth-order valence-electron chi connectivity index (χ4n) is 5.04. The van der Waals surface area contributed by atoms with Gasteiger partial charge in [-0.15, -0.1) is 6.42 Å². The summed E-state index contributed by atoms with van der Waals surface area (Å²) in [6.07, 6.45) is 8.50. The molecule has 1 fully saturated rings. The summed E-state index contributed by atoms with van der Waals surface area (Å²) in [5.74, 6) is 4.16. The summed E-state index contributed by atoms with van der Waals surface area (Å²) in [6, 6.07) is 12.4. The molecule has 1 saturated heterocycles. The quantitative estimate of drug-likeness (QED) is 0.477. The first-order valence-corrected chi connectivity index (χ1v) is 11.1. The van der Waals surface area contributed by atoms with Crippen LogP contribution in [-0.2, 0) is 5.41 Å². The SMILES string of the molecule is C#CCN1CCC(c2ccc3c(c2)N(c2cccc(Cl)c2C=O)C(=NC)C3(C)C)CC1. The fourth-order valence-corrected chi connectivity index (χ4v) is 5.26. The van der Waals surface area contributed by atoms with Crippen LogP contribution in [-0.4, -0.2) is 43.7 Å². The molecule has 0 radical (unpaired) electrons. The molecular formula is C26H28ClN3O. The maximum Gasteiger partial charge on any atom is 0.153 e. The molecule has 2 aliphatic rings. The van der Waals surface area contributed by atoms with Crippen molar-refractivity contribution in [2.24, 2.45) is 4.99 Å². The Balaban J connectivity index is 1.78. The Morgan fingerprint density at radius 1 is 1.23 bits per heavy atom. The Bertz CT molecular complexity index is 1070. The molecule has 0 atom stereocenters. The molecule has 2 aromatic carbocycles. The maximum atomic E-state index is 11.9. The van der Waals surface area contributed by atoms with Crippen molar-refractivity contribution in [1.29, 1.82) is 0 Å². The third-order valence-electron chi connectivity index (χ3n) is 6.68. The number of fused-ring (bicyclic) bond motifs is 1. The number of nitrogens with zero attached hydrogens (tertiary/aromatic N) is 3. The van der Waals surface area contributed by atoms with E-state index in [9.17, 15) is 4.79 Å². The number of likely N-dealkylation sites (tertiary alicyclic amines) is 1. The summed E-state index contributed by atoms with van der Waals surface area (Å²) in [5.41, 5.74) is 4.60. The van der Waals surface area contributed by atoms with Gasteiger partial charge in [-0.05, 0) is 75.0 Å². The molecular weight excluding hydrogens is 406 g/mol. The average Bonchev–Trinajstić information content (AvgIpc) is 3.00. The van der Waals surface area contributed by atoms with Crippen molar-refractivity contribution >= 4 is 35.1 Å². The first kappa shape index (κ1) is 21.6. The normalized spacial score (nSPS) is 20.0. The van der Waals surface area contributed by atoms with Gasteiger partial charge in [0.15, 0.2) is 6.29 Å². The van der Waals surface area contributed by atoms with Crippen molar-refractivity contribution in [2.45, 2.75) is 38.0 Å². The average molecular weight is 434 g/mol. The van der Waals surface area contributed by atoms with Gasteiger partial charge in [-0.1, -0.05) is 35.7 Å². The third kappa shape index (κ3) is 3.67. The number of hydrogen-bond acceptors (Lipinski definition) is 3. The fraction of sp³-hybridized carbons (Fsp3) is 0.385. The zero-order valence-electron chi connectivity index (χ0n) is 18.4. The summed E-state index contributed by atoms with van der Waals surface area (Å²) >= 11 is 6.37. The van der Waals surface area contributed by atoms with Crippen LogP contribution in [0.5, 0.6) is 0 Å². The van der Waals surface area contributed by atoms with E-state index in [-0.39, 0.29) is 5.41 Å². The monoisotopic (exact) mass is 433 g/mol. The largest absolute Gasteiger partial charge is 0.298 e. The number of carbonyl (C=O) groups excluding carboxylic acids is 1. The molecule has 0 bridgehead atoms. The number of anilines is 2. The van der Waals surface area contributed by atoms with Gasteiger partial charge in [0.2, 0.25) is 0 Å². The summed E-state index contributed by atoms with van der Waals surface area (Å²) in [6.45, 7) is 7.12. The number of aldehydes is 1. The van der Waals surface area contributed by atoms with E-state index in [0.29, 0.717) is 16.5 Å². The van der Waals surface area contributed by atoms with E-state index in [1.54, 1.807) is 6.07 Å². The molecule has 2 aromatic rings. The van der Waals surface area contributed by atoms with Crippen LogP contribution in [0.15, 0.2) is 41.4 Å². The van der Waals surface area contributed by atoms with Crippen LogP contribution >= 0.6 is 11.6 Å². The molecule has 4 rings (SSSR count). The zero-order valence-corrected chi connectivity index (χ0v) is 19.1. The van der Waals surface area contributed by atoms with Gasteiger partial charge >= 0.3 is 0 Å². The lowest BCUT2D eigenvalue weighted by Crippen LogP contribution is -2.34. The van der Waals surface area contributed by atoms with Crippen molar-refractivity contribution < 1.29 is 4.79 Å². The number of halogens is 1. The van der Waals surface area contributed by atoms with Crippen LogP contribution in [0, 0.1) is 12.3 Å². The molecule has 0 unspecified atom stereocenters. The Hall–Kier alpha value is -2.61. The molecule has 0 aliphatic carbocycles. The Morgan fingerprint density at radius 3 is 2.61 bits per heavy atom. The van der Waals surface area contributed by atoms with Crippen LogP contribution in [0.25, 0.3) is 0 Å². The minimum absolute atomic E-state index is 0.277. The van der Waals surface area contributed by atoms with Gasteiger partial charge in [0.05, 0.1) is 28.5 Å². The van der Waals surface area contributed by atoms with Gasteiger partial charge in [0.1, 0.15) is 5.84 Å². The topological polar surface area (TPSA) is 35.9 Å². The second kappa shape index (κ2) is 8.49. The van der Waals surface area contributed by atoms with Crippen LogP contribution < -0.4 is 4.90 Å². The van der Waals surface area contributed by atoms with E-state index < -0.39 is 0 Å². The van der Waals surface area contributed by atoms with Crippen molar-refractivity contribution in [2.75, 3.05) is 31.6 Å². The molecule has 31 heavy (non-hydrogen) atoms. The lowest BCUT2D eigenvalue weighted by atomic mass is 9.83. The molecule has 0 aromatic heterocycles. The van der Waals surface area contributed by atoms with E-state index in [1.165, 1.54) is 11.1 Å². The van der Waals surface area contributed by atoms with Gasteiger partial charge in [-0.25, -0.2) is 0 Å². The number of benzene rings is 2. The molecule has 0 spiro atoms. The van der Waals surface area contributed by atoms with Gasteiger partial charge in [-0.3, -0.25) is 19.6 Å². The second-order valence-corrected chi connectivity index (χ2v) is 9.24. The Kier molecular flexibility index (Phi) is 5.92. The molecule has 2 aliphatic heterocycles. The standard InChI is InChI=1S/C26H28ClN3O/c1-5-13-29-14-11-18(12-15-29)19-9-10-21-24(16-19)30(25(28-4)26(21,2)3)23-8-6-7-22(27)20(23)17-31/h1,6-10,16-18H,11-15H2,2-4H3. The summed E-state index contributed by atoms with van der Waals surface area (Å²) in [7, 11) is 1.81. The molecule has 0 amide bonds. The highest BCUT2D eigenvalue weighted by atomic mass is 35.5.